The molecule has 0 aliphatic carbocycles. The molecule has 0 bridgehead atoms. The van der Waals surface area contributed by atoms with Crippen LogP contribution in [-0.4, -0.2) is 20.9 Å². The number of halogens is 3. The van der Waals surface area contributed by atoms with E-state index in [1.807, 2.05) is 52.8 Å². The van der Waals surface area contributed by atoms with Gasteiger partial charge in [0.05, 0.1) is 16.4 Å². The number of nitrogens with zero attached hydrogens (tertiary/aromatic N) is 2. The average molecular weight is 482 g/mol. The SMILES string of the molecule is C/C(=C\c1ccc(Cl)cc1)c1c(C)c(C(=O)O)nn1-c1ccc(Cl)cc1Cl.CC.CC. The molecule has 2 aromatic carbocycles. The fourth-order valence-corrected chi connectivity index (χ4v) is 3.48. The lowest BCUT2D eigenvalue weighted by atomic mass is 10.0. The maximum atomic E-state index is 11.6. The van der Waals surface area contributed by atoms with E-state index in [0.717, 1.165) is 11.1 Å². The predicted octanol–water partition coefficient (Wildman–Crippen LogP) is 8.45. The number of aromatic nitrogens is 2. The van der Waals surface area contributed by atoms with Crippen molar-refractivity contribution >= 4 is 52.4 Å². The fourth-order valence-electron chi connectivity index (χ4n) is 2.87. The zero-order chi connectivity index (χ0) is 23.7. The van der Waals surface area contributed by atoms with Gasteiger partial charge >= 0.3 is 5.97 Å². The Morgan fingerprint density at radius 1 is 0.968 bits per heavy atom. The number of carbonyl (C=O) groups is 1. The van der Waals surface area contributed by atoms with E-state index < -0.39 is 5.97 Å². The molecule has 1 aromatic heterocycles. The van der Waals surface area contributed by atoms with Crippen molar-refractivity contribution in [3.05, 3.63) is 80.0 Å². The Morgan fingerprint density at radius 2 is 1.52 bits per heavy atom. The van der Waals surface area contributed by atoms with Crippen molar-refractivity contribution in [2.24, 2.45) is 0 Å². The van der Waals surface area contributed by atoms with Gasteiger partial charge in [-0.1, -0.05) is 74.6 Å². The molecule has 0 amide bonds. The molecule has 4 nitrogen and oxygen atoms in total. The van der Waals surface area contributed by atoms with Crippen LogP contribution >= 0.6 is 34.8 Å². The van der Waals surface area contributed by atoms with E-state index >= 15 is 0 Å². The molecule has 0 atom stereocenters. The van der Waals surface area contributed by atoms with Crippen LogP contribution in [0.1, 0.15) is 61.9 Å². The van der Waals surface area contributed by atoms with Gasteiger partial charge < -0.3 is 5.11 Å². The highest BCUT2D eigenvalue weighted by Crippen LogP contribution is 2.31. The van der Waals surface area contributed by atoms with Crippen LogP contribution in [0.3, 0.4) is 0 Å². The number of hydrogen-bond acceptors (Lipinski definition) is 2. The third-order valence-electron chi connectivity index (χ3n) is 4.09. The quantitative estimate of drug-likeness (QED) is 0.406. The Labute approximate surface area is 199 Å². The largest absolute Gasteiger partial charge is 0.476 e. The maximum Gasteiger partial charge on any atom is 0.356 e. The topological polar surface area (TPSA) is 55.1 Å². The third-order valence-corrected chi connectivity index (χ3v) is 4.88. The Bertz CT molecular complexity index is 1060. The number of aromatic carboxylic acids is 1. The Balaban J connectivity index is 0.00000113. The van der Waals surface area contributed by atoms with Gasteiger partial charge in [-0.25, -0.2) is 9.48 Å². The zero-order valence-electron chi connectivity index (χ0n) is 18.5. The van der Waals surface area contributed by atoms with Gasteiger partial charge in [-0.05, 0) is 61.4 Å². The van der Waals surface area contributed by atoms with Crippen LogP contribution in [0.5, 0.6) is 0 Å². The smallest absolute Gasteiger partial charge is 0.356 e. The number of carboxylic acid groups (broad SMARTS) is 1. The Hall–Kier alpha value is -2.27. The summed E-state index contributed by atoms with van der Waals surface area (Å²) in [5, 5.41) is 15.3. The van der Waals surface area contributed by atoms with Crippen LogP contribution < -0.4 is 0 Å². The van der Waals surface area contributed by atoms with Crippen molar-refractivity contribution < 1.29 is 9.90 Å². The van der Waals surface area contributed by atoms with Gasteiger partial charge in [0.25, 0.3) is 0 Å². The fraction of sp³-hybridized carbons (Fsp3) is 0.250. The summed E-state index contributed by atoms with van der Waals surface area (Å²) in [5.41, 5.74) is 3.50. The van der Waals surface area contributed by atoms with Crippen LogP contribution in [-0.2, 0) is 0 Å². The molecule has 0 saturated carbocycles. The maximum absolute atomic E-state index is 11.6. The molecule has 0 spiro atoms. The summed E-state index contributed by atoms with van der Waals surface area (Å²) in [6, 6.07) is 12.3. The summed E-state index contributed by atoms with van der Waals surface area (Å²) < 4.78 is 1.54. The minimum atomic E-state index is -1.10. The number of benzene rings is 2. The van der Waals surface area contributed by atoms with Crippen molar-refractivity contribution in [2.45, 2.75) is 41.5 Å². The predicted molar refractivity (Wildman–Crippen MR) is 133 cm³/mol. The monoisotopic (exact) mass is 480 g/mol. The summed E-state index contributed by atoms with van der Waals surface area (Å²) in [7, 11) is 0. The molecular formula is C24H27Cl3N2O2. The second-order valence-electron chi connectivity index (χ2n) is 6.01. The van der Waals surface area contributed by atoms with Crippen LogP contribution in [0, 0.1) is 6.92 Å². The lowest BCUT2D eigenvalue weighted by Crippen LogP contribution is -2.04. The summed E-state index contributed by atoms with van der Waals surface area (Å²) in [6.45, 7) is 11.6. The van der Waals surface area contributed by atoms with E-state index in [2.05, 4.69) is 5.10 Å². The van der Waals surface area contributed by atoms with Gasteiger partial charge in [0.1, 0.15) is 0 Å². The van der Waals surface area contributed by atoms with Crippen LogP contribution in [0.4, 0.5) is 0 Å². The third kappa shape index (κ3) is 6.60. The molecule has 3 aromatic rings. The first-order valence-electron chi connectivity index (χ1n) is 10.0. The standard InChI is InChI=1S/C20H15Cl3N2O2.2C2H6/c1-11(9-13-3-5-14(21)6-4-13)19-12(2)18(20(26)27)24-25(19)17-8-7-15(22)10-16(17)23;2*1-2/h3-10H,1-2H3,(H,26,27);2*1-2H3/b11-9+;;. The van der Waals surface area contributed by atoms with Gasteiger partial charge in [-0.2, -0.15) is 5.10 Å². The first kappa shape index (κ1) is 26.8. The normalized spacial score (nSPS) is 10.5. The van der Waals surface area contributed by atoms with E-state index in [4.69, 9.17) is 34.8 Å². The molecule has 7 heteroatoms. The molecule has 0 unspecified atom stereocenters. The van der Waals surface area contributed by atoms with E-state index in [-0.39, 0.29) is 5.69 Å². The van der Waals surface area contributed by atoms with Crippen molar-refractivity contribution in [3.63, 3.8) is 0 Å². The molecule has 0 aliphatic heterocycles. The number of carboxylic acids is 1. The van der Waals surface area contributed by atoms with Gasteiger partial charge in [0.2, 0.25) is 0 Å². The van der Waals surface area contributed by atoms with Crippen LogP contribution in [0.25, 0.3) is 17.3 Å². The van der Waals surface area contributed by atoms with E-state index in [0.29, 0.717) is 32.0 Å². The van der Waals surface area contributed by atoms with Gasteiger partial charge in [-0.3, -0.25) is 0 Å². The number of rotatable bonds is 4. The molecule has 31 heavy (non-hydrogen) atoms. The summed E-state index contributed by atoms with van der Waals surface area (Å²) in [4.78, 5) is 11.6. The lowest BCUT2D eigenvalue weighted by Gasteiger charge is -2.11. The van der Waals surface area contributed by atoms with E-state index in [1.54, 1.807) is 41.9 Å². The van der Waals surface area contributed by atoms with Crippen LogP contribution in [0.15, 0.2) is 42.5 Å². The zero-order valence-corrected chi connectivity index (χ0v) is 20.8. The van der Waals surface area contributed by atoms with Gasteiger partial charge in [0, 0.05) is 15.6 Å². The highest BCUT2D eigenvalue weighted by molar-refractivity contribution is 6.35. The van der Waals surface area contributed by atoms with Crippen molar-refractivity contribution in [2.75, 3.05) is 0 Å². The molecule has 0 aliphatic rings. The first-order chi connectivity index (χ1) is 14.8. The molecule has 0 saturated heterocycles. The van der Waals surface area contributed by atoms with Crippen molar-refractivity contribution in [1.82, 2.24) is 9.78 Å². The minimum absolute atomic E-state index is 0.0279. The summed E-state index contributed by atoms with van der Waals surface area (Å²) in [5.74, 6) is -1.10. The molecule has 3 rings (SSSR count). The van der Waals surface area contributed by atoms with E-state index in [9.17, 15) is 9.90 Å². The summed E-state index contributed by atoms with van der Waals surface area (Å²) in [6.07, 6.45) is 1.94. The minimum Gasteiger partial charge on any atom is -0.476 e. The molecule has 166 valence electrons. The summed E-state index contributed by atoms with van der Waals surface area (Å²) >= 11 is 18.3. The first-order valence-corrected chi connectivity index (χ1v) is 11.1. The molecule has 1 heterocycles. The van der Waals surface area contributed by atoms with Gasteiger partial charge in [-0.15, -0.1) is 0 Å². The van der Waals surface area contributed by atoms with Crippen molar-refractivity contribution in [3.8, 4) is 5.69 Å². The molecular weight excluding hydrogens is 455 g/mol. The highest BCUT2D eigenvalue weighted by atomic mass is 35.5. The number of hydrogen-bond donors (Lipinski definition) is 1. The number of allylic oxidation sites excluding steroid dienone is 1. The average Bonchev–Trinajstić information content (AvgIpc) is 3.10. The Morgan fingerprint density at radius 3 is 2.03 bits per heavy atom. The molecule has 0 radical (unpaired) electrons. The van der Waals surface area contributed by atoms with Crippen LogP contribution in [0.2, 0.25) is 15.1 Å². The van der Waals surface area contributed by atoms with E-state index in [1.165, 1.54) is 0 Å². The van der Waals surface area contributed by atoms with Crippen molar-refractivity contribution in [1.29, 1.82) is 0 Å². The second kappa shape index (κ2) is 12.6. The Kier molecular flexibility index (Phi) is 10.8. The van der Waals surface area contributed by atoms with Gasteiger partial charge in [0.15, 0.2) is 5.69 Å². The highest BCUT2D eigenvalue weighted by Gasteiger charge is 2.22. The lowest BCUT2D eigenvalue weighted by molar-refractivity contribution is 0.0689. The second-order valence-corrected chi connectivity index (χ2v) is 7.29. The molecule has 0 fully saturated rings. The molecule has 1 N–H and O–H groups in total.